The van der Waals surface area contributed by atoms with E-state index in [0.717, 1.165) is 0 Å². The van der Waals surface area contributed by atoms with Gasteiger partial charge in [-0.15, -0.1) is 0 Å². The predicted octanol–water partition coefficient (Wildman–Crippen LogP) is -2.70. The summed E-state index contributed by atoms with van der Waals surface area (Å²) in [5.41, 5.74) is 0. The van der Waals surface area contributed by atoms with Crippen LogP contribution in [0, 0.1) is 5.92 Å². The fourth-order valence-corrected chi connectivity index (χ4v) is 0.455. The summed E-state index contributed by atoms with van der Waals surface area (Å²) in [5.74, 6) is -3.79. The van der Waals surface area contributed by atoms with Crippen molar-refractivity contribution < 1.29 is 72.6 Å². The molecule has 54 valence electrons. The van der Waals surface area contributed by atoms with E-state index in [1.54, 1.807) is 0 Å². The molecule has 5 heteroatoms. The molecule has 2 N–H and O–H groups in total. The van der Waals surface area contributed by atoms with Gasteiger partial charge in [-0.1, -0.05) is 6.92 Å². The van der Waals surface area contributed by atoms with E-state index in [0.29, 0.717) is 0 Å². The van der Waals surface area contributed by atoms with Crippen molar-refractivity contribution in [2.75, 3.05) is 0 Å². The summed E-state index contributed by atoms with van der Waals surface area (Å²) in [6.07, 6.45) is 0.130. The largest absolute Gasteiger partial charge is 1.00 e. The van der Waals surface area contributed by atoms with Gasteiger partial charge < -0.3 is 11.6 Å². The Bertz CT molecular complexity index is 124. The smallest absolute Gasteiger partial charge is 1.00 e. The van der Waals surface area contributed by atoms with Crippen molar-refractivity contribution in [3.05, 3.63) is 0 Å². The van der Waals surface area contributed by atoms with E-state index in [2.05, 4.69) is 0 Å². The van der Waals surface area contributed by atoms with Crippen molar-refractivity contribution in [2.24, 2.45) is 5.92 Å². The molecule has 0 saturated heterocycles. The van der Waals surface area contributed by atoms with Gasteiger partial charge in [-0.3, -0.25) is 9.59 Å². The Morgan fingerprint density at radius 3 is 1.70 bits per heavy atom. The van der Waals surface area contributed by atoms with Crippen LogP contribution in [-0.2, 0) is 9.59 Å². The Morgan fingerprint density at radius 1 is 1.40 bits per heavy atom. The summed E-state index contributed by atoms with van der Waals surface area (Å²) in [6, 6.07) is 0. The van der Waals surface area contributed by atoms with Crippen LogP contribution < -0.4 is 51.4 Å². The summed E-state index contributed by atoms with van der Waals surface area (Å²) in [4.78, 5) is 20.0. The molecular formula is C5H9KO4. The van der Waals surface area contributed by atoms with E-state index in [4.69, 9.17) is 10.2 Å². The van der Waals surface area contributed by atoms with E-state index >= 15 is 0 Å². The van der Waals surface area contributed by atoms with E-state index in [1.807, 2.05) is 0 Å². The van der Waals surface area contributed by atoms with Gasteiger partial charge >= 0.3 is 63.3 Å². The summed E-state index contributed by atoms with van der Waals surface area (Å²) in [6.45, 7) is 1.52. The van der Waals surface area contributed by atoms with Gasteiger partial charge in [0.05, 0.1) is 0 Å². The maximum atomic E-state index is 9.99. The van der Waals surface area contributed by atoms with Crippen molar-refractivity contribution >= 4 is 11.9 Å². The second-order valence-corrected chi connectivity index (χ2v) is 1.64. The molecule has 10 heavy (non-hydrogen) atoms. The van der Waals surface area contributed by atoms with Crippen LogP contribution >= 0.6 is 0 Å². The van der Waals surface area contributed by atoms with Crippen LogP contribution in [0.5, 0.6) is 0 Å². The fourth-order valence-electron chi connectivity index (χ4n) is 0.455. The number of carboxylic acids is 2. The summed E-state index contributed by atoms with van der Waals surface area (Å²) in [5, 5.41) is 16.3. The number of rotatable bonds is 3. The molecule has 0 aliphatic heterocycles. The first-order valence-electron chi connectivity index (χ1n) is 2.55. The molecule has 0 aromatic rings. The van der Waals surface area contributed by atoms with Crippen LogP contribution in [0.1, 0.15) is 14.8 Å². The summed E-state index contributed by atoms with van der Waals surface area (Å²) >= 11 is 0. The molecule has 0 aromatic heterocycles. The van der Waals surface area contributed by atoms with Gasteiger partial charge in [0.1, 0.15) is 0 Å². The van der Waals surface area contributed by atoms with E-state index in [9.17, 15) is 9.59 Å². The molecule has 4 nitrogen and oxygen atoms in total. The topological polar surface area (TPSA) is 74.6 Å². The first-order chi connectivity index (χ1) is 4.09. The molecule has 0 unspecified atom stereocenters. The molecule has 0 spiro atoms. The Labute approximate surface area is 103 Å². The monoisotopic (exact) mass is 172 g/mol. The number of carbonyl (C=O) groups is 2. The predicted molar refractivity (Wildman–Crippen MR) is 30.2 cm³/mol. The van der Waals surface area contributed by atoms with Crippen molar-refractivity contribution in [1.29, 1.82) is 0 Å². The van der Waals surface area contributed by atoms with Crippen LogP contribution in [0.2, 0.25) is 0 Å². The molecule has 0 aliphatic rings. The minimum Gasteiger partial charge on any atom is -1.00 e. The number of hydrogen-bond acceptors (Lipinski definition) is 2. The molecular weight excluding hydrogens is 163 g/mol. The molecule has 0 aromatic carbocycles. The minimum atomic E-state index is -1.27. The Hall–Kier alpha value is 0.576. The third-order valence-electron chi connectivity index (χ3n) is 1.00. The molecule has 0 fully saturated rings. The standard InChI is InChI=1S/C5H8O4.K.H/c1-2-3(4(6)7)5(8)9;;/h3H,2H2,1H3,(H,6,7)(H,8,9);;/q;+1;-1. The van der Waals surface area contributed by atoms with E-state index in [-0.39, 0.29) is 59.2 Å². The van der Waals surface area contributed by atoms with Crippen molar-refractivity contribution in [3.8, 4) is 0 Å². The van der Waals surface area contributed by atoms with Gasteiger partial charge in [0.2, 0.25) is 0 Å². The normalized spacial score (nSPS) is 8.60. The van der Waals surface area contributed by atoms with Gasteiger partial charge in [-0.05, 0) is 6.42 Å². The summed E-state index contributed by atoms with van der Waals surface area (Å²) < 4.78 is 0. The van der Waals surface area contributed by atoms with Crippen LogP contribution in [0.4, 0.5) is 0 Å². The van der Waals surface area contributed by atoms with Crippen LogP contribution in [0.3, 0.4) is 0 Å². The zero-order valence-corrected chi connectivity index (χ0v) is 9.12. The Kier molecular flexibility index (Phi) is 8.30. The van der Waals surface area contributed by atoms with Gasteiger partial charge in [-0.2, -0.15) is 0 Å². The molecule has 0 bridgehead atoms. The molecule has 0 aliphatic carbocycles. The average Bonchev–Trinajstić information content (AvgIpc) is 1.64. The van der Waals surface area contributed by atoms with Crippen LogP contribution in [0.25, 0.3) is 0 Å². The molecule has 0 heterocycles. The van der Waals surface area contributed by atoms with Gasteiger partial charge in [-0.25, -0.2) is 0 Å². The summed E-state index contributed by atoms with van der Waals surface area (Å²) in [7, 11) is 0. The minimum absolute atomic E-state index is 0. The molecule has 0 amide bonds. The number of carboxylic acid groups (broad SMARTS) is 2. The van der Waals surface area contributed by atoms with Crippen molar-refractivity contribution in [1.82, 2.24) is 0 Å². The first-order valence-corrected chi connectivity index (χ1v) is 2.55. The average molecular weight is 172 g/mol. The maximum Gasteiger partial charge on any atom is 1.00 e. The number of aliphatic carboxylic acids is 2. The third-order valence-corrected chi connectivity index (χ3v) is 1.00. The molecule has 0 rings (SSSR count). The first kappa shape index (κ1) is 13.2. The van der Waals surface area contributed by atoms with Gasteiger partial charge in [0.15, 0.2) is 5.92 Å². The molecule has 0 atom stereocenters. The SMILES string of the molecule is CCC(C(=O)O)C(=O)O.[H-].[K+]. The van der Waals surface area contributed by atoms with E-state index < -0.39 is 17.9 Å². The molecule has 0 saturated carbocycles. The fraction of sp³-hybridized carbons (Fsp3) is 0.600. The molecule has 0 radical (unpaired) electrons. The Morgan fingerprint density at radius 2 is 1.70 bits per heavy atom. The zero-order valence-electron chi connectivity index (χ0n) is 7.00. The zero-order chi connectivity index (χ0) is 7.44. The van der Waals surface area contributed by atoms with Crippen LogP contribution in [-0.4, -0.2) is 22.2 Å². The second-order valence-electron chi connectivity index (χ2n) is 1.64. The Balaban J connectivity index is -0.000000320. The van der Waals surface area contributed by atoms with Gasteiger partial charge in [0, 0.05) is 0 Å². The number of hydrogen-bond donors (Lipinski definition) is 2. The van der Waals surface area contributed by atoms with Gasteiger partial charge in [0.25, 0.3) is 0 Å². The third kappa shape index (κ3) is 4.40. The van der Waals surface area contributed by atoms with Crippen LogP contribution in [0.15, 0.2) is 0 Å². The van der Waals surface area contributed by atoms with Crippen molar-refractivity contribution in [3.63, 3.8) is 0 Å². The second kappa shape index (κ2) is 6.30. The quantitative estimate of drug-likeness (QED) is 0.359. The van der Waals surface area contributed by atoms with E-state index in [1.165, 1.54) is 6.92 Å². The van der Waals surface area contributed by atoms with Crippen molar-refractivity contribution in [2.45, 2.75) is 13.3 Å². The maximum absolute atomic E-state index is 9.99.